The van der Waals surface area contributed by atoms with Gasteiger partial charge in [-0.15, -0.1) is 0 Å². The maximum atomic E-state index is 13.7. The number of ether oxygens (including phenoxy) is 1. The van der Waals surface area contributed by atoms with Gasteiger partial charge in [0.15, 0.2) is 6.61 Å². The van der Waals surface area contributed by atoms with Crippen molar-refractivity contribution in [1.29, 1.82) is 0 Å². The first kappa shape index (κ1) is 25.1. The second kappa shape index (κ2) is 10.2. The molecule has 3 heterocycles. The summed E-state index contributed by atoms with van der Waals surface area (Å²) >= 11 is 2.17. The predicted octanol–water partition coefficient (Wildman–Crippen LogP) is 4.39. The second-order valence-corrected chi connectivity index (χ2v) is 11.2. The third-order valence-corrected chi connectivity index (χ3v) is 8.95. The highest BCUT2D eigenvalue weighted by molar-refractivity contribution is 8.00. The number of benzene rings is 3. The van der Waals surface area contributed by atoms with E-state index in [-0.39, 0.29) is 17.4 Å². The molecule has 1 fully saturated rings. The highest BCUT2D eigenvalue weighted by Gasteiger charge is 2.56. The number of amides is 3. The highest BCUT2D eigenvalue weighted by atomic mass is 32.2. The minimum absolute atomic E-state index is 0.233. The number of imide groups is 1. The first-order valence-electron chi connectivity index (χ1n) is 12.0. The second-order valence-electron chi connectivity index (χ2n) is 9.01. The SMILES string of the molecule is O=C(COc1cccc(C2c3sc(=O)[nH]c3SC3C(=O)N(c4ccc(F)cc4)C(=O)C32)c1)Nc1ccccc1. The molecular weight excluding hydrogens is 541 g/mol. The molecule has 196 valence electrons. The number of thioether (sulfide) groups is 1. The standard InChI is InChI=1S/C28H20FN3O5S2/c29-16-9-11-18(12-10-16)32-26(34)22-21(23-25(31-28(36)39-23)38-24(22)27(32)35)15-5-4-8-19(13-15)37-14-20(33)30-17-6-2-1-3-7-17/h1-13,21-22,24H,14H2,(H,30,33)(H,31,36). The summed E-state index contributed by atoms with van der Waals surface area (Å²) in [5.74, 6) is -2.64. The Morgan fingerprint density at radius 2 is 1.74 bits per heavy atom. The number of rotatable bonds is 6. The van der Waals surface area contributed by atoms with Crippen LogP contribution in [0.5, 0.6) is 5.75 Å². The van der Waals surface area contributed by atoms with Crippen LogP contribution in [0.4, 0.5) is 15.8 Å². The predicted molar refractivity (Wildman–Crippen MR) is 146 cm³/mol. The molecule has 3 unspecified atom stereocenters. The number of thiazole rings is 1. The lowest BCUT2D eigenvalue weighted by Crippen LogP contribution is -2.32. The number of nitrogens with one attached hydrogen (secondary N) is 2. The molecule has 0 aliphatic carbocycles. The Kier molecular flexibility index (Phi) is 6.53. The summed E-state index contributed by atoms with van der Waals surface area (Å²) in [4.78, 5) is 56.1. The lowest BCUT2D eigenvalue weighted by Gasteiger charge is -2.30. The van der Waals surface area contributed by atoms with Crippen molar-refractivity contribution in [1.82, 2.24) is 4.98 Å². The van der Waals surface area contributed by atoms with E-state index in [4.69, 9.17) is 4.74 Å². The number of fused-ring (bicyclic) bond motifs is 2. The molecule has 0 bridgehead atoms. The van der Waals surface area contributed by atoms with E-state index in [9.17, 15) is 23.6 Å². The fourth-order valence-corrected chi connectivity index (χ4v) is 7.40. The van der Waals surface area contributed by atoms with Crippen molar-refractivity contribution < 1.29 is 23.5 Å². The molecule has 39 heavy (non-hydrogen) atoms. The molecule has 8 nitrogen and oxygen atoms in total. The van der Waals surface area contributed by atoms with Crippen molar-refractivity contribution in [3.05, 3.63) is 105 Å². The van der Waals surface area contributed by atoms with Crippen molar-refractivity contribution in [2.24, 2.45) is 5.92 Å². The van der Waals surface area contributed by atoms with Crippen molar-refractivity contribution >= 4 is 52.2 Å². The number of anilines is 2. The Hall–Kier alpha value is -4.22. The minimum Gasteiger partial charge on any atom is -0.484 e. The van der Waals surface area contributed by atoms with Crippen LogP contribution >= 0.6 is 23.1 Å². The molecular formula is C28H20FN3O5S2. The monoisotopic (exact) mass is 561 g/mol. The molecule has 11 heteroatoms. The van der Waals surface area contributed by atoms with Crippen LogP contribution in [-0.4, -0.2) is 34.6 Å². The van der Waals surface area contributed by atoms with Crippen LogP contribution in [0.15, 0.2) is 88.7 Å². The van der Waals surface area contributed by atoms with E-state index < -0.39 is 34.7 Å². The van der Waals surface area contributed by atoms with E-state index in [1.807, 2.05) is 18.2 Å². The quantitative estimate of drug-likeness (QED) is 0.338. The van der Waals surface area contributed by atoms with Gasteiger partial charge in [-0.2, -0.15) is 0 Å². The van der Waals surface area contributed by atoms with Gasteiger partial charge in [0.2, 0.25) is 11.8 Å². The fourth-order valence-electron chi connectivity index (χ4n) is 4.89. The summed E-state index contributed by atoms with van der Waals surface area (Å²) in [6.07, 6.45) is 0. The van der Waals surface area contributed by atoms with Gasteiger partial charge in [-0.3, -0.25) is 19.2 Å². The van der Waals surface area contributed by atoms with Crippen molar-refractivity contribution in [2.75, 3.05) is 16.8 Å². The van der Waals surface area contributed by atoms with Gasteiger partial charge in [-0.05, 0) is 54.1 Å². The molecule has 0 saturated carbocycles. The molecule has 6 rings (SSSR count). The average molecular weight is 562 g/mol. The van der Waals surface area contributed by atoms with Gasteiger partial charge in [-0.25, -0.2) is 9.29 Å². The molecule has 1 aromatic heterocycles. The van der Waals surface area contributed by atoms with Crippen LogP contribution < -0.4 is 19.8 Å². The zero-order valence-electron chi connectivity index (χ0n) is 20.1. The van der Waals surface area contributed by atoms with Gasteiger partial charge >= 0.3 is 4.87 Å². The number of aromatic nitrogens is 1. The third-order valence-electron chi connectivity index (χ3n) is 6.55. The molecule has 2 N–H and O–H groups in total. The first-order chi connectivity index (χ1) is 18.9. The number of nitrogens with zero attached hydrogens (tertiary/aromatic N) is 1. The number of carbonyl (C=O) groups is 3. The fraction of sp³-hybridized carbons (Fsp3) is 0.143. The van der Waals surface area contributed by atoms with E-state index in [2.05, 4.69) is 10.3 Å². The topological polar surface area (TPSA) is 109 Å². The maximum Gasteiger partial charge on any atom is 0.305 e. The molecule has 4 aromatic rings. The number of hydrogen-bond acceptors (Lipinski definition) is 7. The number of halogens is 1. The van der Waals surface area contributed by atoms with Gasteiger partial charge in [0.1, 0.15) is 16.8 Å². The molecule has 1 saturated heterocycles. The summed E-state index contributed by atoms with van der Waals surface area (Å²) in [5.41, 5.74) is 1.61. The number of aromatic amines is 1. The number of H-pyrrole nitrogens is 1. The zero-order valence-corrected chi connectivity index (χ0v) is 21.8. The zero-order chi connectivity index (χ0) is 27.1. The third kappa shape index (κ3) is 4.75. The maximum absolute atomic E-state index is 13.7. The van der Waals surface area contributed by atoms with Crippen LogP contribution in [0.2, 0.25) is 0 Å². The Labute approximate surface area is 229 Å². The number of para-hydroxylation sites is 1. The molecule has 2 aliphatic heterocycles. The van der Waals surface area contributed by atoms with Crippen LogP contribution in [0.3, 0.4) is 0 Å². The van der Waals surface area contributed by atoms with E-state index in [0.717, 1.165) is 28.0 Å². The van der Waals surface area contributed by atoms with Gasteiger partial charge in [0, 0.05) is 16.5 Å². The Morgan fingerprint density at radius 1 is 0.974 bits per heavy atom. The normalized spacial score (nSPS) is 19.9. The number of hydrogen-bond donors (Lipinski definition) is 2. The lowest BCUT2D eigenvalue weighted by molar-refractivity contribution is -0.122. The Bertz CT molecular complexity index is 1640. The van der Waals surface area contributed by atoms with Crippen LogP contribution in [0.25, 0.3) is 0 Å². The van der Waals surface area contributed by atoms with Gasteiger partial charge in [-0.1, -0.05) is 53.4 Å². The van der Waals surface area contributed by atoms with Gasteiger partial charge in [0.05, 0.1) is 16.6 Å². The van der Waals surface area contributed by atoms with Gasteiger partial charge < -0.3 is 15.0 Å². The number of carbonyl (C=O) groups excluding carboxylic acids is 3. The van der Waals surface area contributed by atoms with Crippen molar-refractivity contribution in [3.63, 3.8) is 0 Å². The molecule has 0 radical (unpaired) electrons. The molecule has 3 atom stereocenters. The van der Waals surface area contributed by atoms with E-state index >= 15 is 0 Å². The summed E-state index contributed by atoms with van der Waals surface area (Å²) in [7, 11) is 0. The first-order valence-corrected chi connectivity index (χ1v) is 13.7. The highest BCUT2D eigenvalue weighted by Crippen LogP contribution is 2.53. The largest absolute Gasteiger partial charge is 0.484 e. The summed E-state index contributed by atoms with van der Waals surface area (Å²) < 4.78 is 19.3. The Balaban J connectivity index is 1.30. The molecule has 3 aromatic carbocycles. The van der Waals surface area contributed by atoms with E-state index in [0.29, 0.717) is 32.6 Å². The van der Waals surface area contributed by atoms with Crippen molar-refractivity contribution in [2.45, 2.75) is 16.2 Å². The lowest BCUT2D eigenvalue weighted by atomic mass is 9.83. The average Bonchev–Trinajstić information content (AvgIpc) is 3.43. The molecule has 2 aliphatic rings. The van der Waals surface area contributed by atoms with Crippen LogP contribution in [0.1, 0.15) is 16.4 Å². The van der Waals surface area contributed by atoms with Crippen LogP contribution in [0, 0.1) is 11.7 Å². The Morgan fingerprint density at radius 3 is 2.51 bits per heavy atom. The van der Waals surface area contributed by atoms with Gasteiger partial charge in [0.25, 0.3) is 5.91 Å². The minimum atomic E-state index is -0.789. The van der Waals surface area contributed by atoms with E-state index in [1.54, 1.807) is 36.4 Å². The molecule has 3 amide bonds. The smallest absolute Gasteiger partial charge is 0.305 e. The molecule has 0 spiro atoms. The summed E-state index contributed by atoms with van der Waals surface area (Å²) in [5, 5.41) is 2.53. The summed E-state index contributed by atoms with van der Waals surface area (Å²) in [6, 6.07) is 21.2. The summed E-state index contributed by atoms with van der Waals surface area (Å²) in [6.45, 7) is -0.233. The van der Waals surface area contributed by atoms with Crippen LogP contribution in [-0.2, 0) is 14.4 Å². The van der Waals surface area contributed by atoms with Crippen molar-refractivity contribution in [3.8, 4) is 5.75 Å². The van der Waals surface area contributed by atoms with E-state index in [1.165, 1.54) is 24.3 Å².